The van der Waals surface area contributed by atoms with Crippen molar-refractivity contribution >= 4 is 41.0 Å². The van der Waals surface area contributed by atoms with E-state index in [-0.39, 0.29) is 11.7 Å². The van der Waals surface area contributed by atoms with Gasteiger partial charge in [0.15, 0.2) is 5.16 Å². The summed E-state index contributed by atoms with van der Waals surface area (Å²) in [5.74, 6) is 0.502. The van der Waals surface area contributed by atoms with Crippen molar-refractivity contribution in [3.05, 3.63) is 52.2 Å². The van der Waals surface area contributed by atoms with Gasteiger partial charge in [0.25, 0.3) is 0 Å². The molecule has 1 aliphatic heterocycles. The first kappa shape index (κ1) is 23.3. The second-order valence-corrected chi connectivity index (χ2v) is 9.90. The van der Waals surface area contributed by atoms with Crippen LogP contribution in [0.15, 0.2) is 46.9 Å². The average molecular weight is 485 g/mol. The molecule has 2 aromatic heterocycles. The van der Waals surface area contributed by atoms with Crippen molar-refractivity contribution in [3.8, 4) is 5.69 Å². The van der Waals surface area contributed by atoms with Crippen molar-refractivity contribution in [1.82, 2.24) is 25.4 Å². The normalized spacial score (nSPS) is 13.7. The van der Waals surface area contributed by atoms with E-state index in [2.05, 4.69) is 37.9 Å². The molecule has 0 radical (unpaired) electrons. The molecule has 0 unspecified atom stereocenters. The lowest BCUT2D eigenvalue weighted by Crippen LogP contribution is -2.41. The smallest absolute Gasteiger partial charge is 0.321 e. The van der Waals surface area contributed by atoms with Gasteiger partial charge in [-0.25, -0.2) is 4.79 Å². The monoisotopic (exact) mass is 484 g/mol. The fourth-order valence-electron chi connectivity index (χ4n) is 3.67. The standard InChI is InChI=1S/C23H28N6O2S2/c1-17-7-9-18(10-8-17)29-22(28-13-3-2-4-14-28)26-27-23(29)33-16-20(30)25-21(31)24-12-11-19-6-5-15-32-19/h5-10,15H,2-4,11-14,16H2,1H3,(H2,24,25,30,31). The summed E-state index contributed by atoms with van der Waals surface area (Å²) < 4.78 is 2.00. The number of nitrogens with one attached hydrogen (secondary N) is 2. The SMILES string of the molecule is Cc1ccc(-n2c(SCC(=O)NC(=O)NCCc3cccs3)nnc2N2CCCCC2)cc1. The highest BCUT2D eigenvalue weighted by Crippen LogP contribution is 2.28. The Kier molecular flexibility index (Phi) is 8.01. The summed E-state index contributed by atoms with van der Waals surface area (Å²) in [6.45, 7) is 4.42. The molecule has 0 aliphatic carbocycles. The molecule has 8 nitrogen and oxygen atoms in total. The van der Waals surface area contributed by atoms with Crippen LogP contribution in [0.4, 0.5) is 10.7 Å². The molecule has 0 saturated carbocycles. The maximum absolute atomic E-state index is 12.4. The Morgan fingerprint density at radius 1 is 1.09 bits per heavy atom. The summed E-state index contributed by atoms with van der Waals surface area (Å²) in [5, 5.41) is 16.6. The molecule has 174 valence electrons. The highest BCUT2D eigenvalue weighted by molar-refractivity contribution is 7.99. The molecule has 0 atom stereocenters. The van der Waals surface area contributed by atoms with Gasteiger partial charge >= 0.3 is 6.03 Å². The minimum absolute atomic E-state index is 0.0718. The van der Waals surface area contributed by atoms with E-state index < -0.39 is 6.03 Å². The first-order valence-corrected chi connectivity index (χ1v) is 13.0. The number of benzene rings is 1. The van der Waals surface area contributed by atoms with Crippen LogP contribution in [0.3, 0.4) is 0 Å². The lowest BCUT2D eigenvalue weighted by Gasteiger charge is -2.27. The quantitative estimate of drug-likeness (QED) is 0.473. The van der Waals surface area contributed by atoms with Gasteiger partial charge in [0.1, 0.15) is 0 Å². The molecule has 1 saturated heterocycles. The molecule has 3 aromatic rings. The van der Waals surface area contributed by atoms with E-state index in [1.807, 2.05) is 41.1 Å². The number of amides is 3. The largest absolute Gasteiger partial charge is 0.341 e. The van der Waals surface area contributed by atoms with Crippen molar-refractivity contribution in [2.75, 3.05) is 30.3 Å². The van der Waals surface area contributed by atoms with Crippen LogP contribution in [0.5, 0.6) is 0 Å². The van der Waals surface area contributed by atoms with Gasteiger partial charge in [0.2, 0.25) is 11.9 Å². The Morgan fingerprint density at radius 2 is 1.88 bits per heavy atom. The molecule has 4 rings (SSSR count). The van der Waals surface area contributed by atoms with Crippen LogP contribution in [0, 0.1) is 6.92 Å². The Hall–Kier alpha value is -2.85. The number of urea groups is 1. The van der Waals surface area contributed by atoms with Crippen LogP contribution in [0.1, 0.15) is 29.7 Å². The summed E-state index contributed by atoms with van der Waals surface area (Å²) in [4.78, 5) is 27.8. The molecule has 33 heavy (non-hydrogen) atoms. The number of imide groups is 1. The Balaban J connectivity index is 1.37. The van der Waals surface area contributed by atoms with Gasteiger partial charge in [-0.3, -0.25) is 14.7 Å². The fourth-order valence-corrected chi connectivity index (χ4v) is 5.12. The summed E-state index contributed by atoms with van der Waals surface area (Å²) in [6, 6.07) is 11.7. The number of thioether (sulfide) groups is 1. The van der Waals surface area contributed by atoms with E-state index >= 15 is 0 Å². The number of nitrogens with zero attached hydrogens (tertiary/aromatic N) is 4. The third-order valence-corrected chi connectivity index (χ3v) is 7.23. The van der Waals surface area contributed by atoms with Crippen molar-refractivity contribution in [2.45, 2.75) is 37.8 Å². The summed E-state index contributed by atoms with van der Waals surface area (Å²) in [7, 11) is 0. The van der Waals surface area contributed by atoms with Crippen LogP contribution in [0.25, 0.3) is 5.69 Å². The number of hydrogen-bond acceptors (Lipinski definition) is 7. The predicted octanol–water partition coefficient (Wildman–Crippen LogP) is 3.79. The van der Waals surface area contributed by atoms with Crippen LogP contribution in [-0.2, 0) is 11.2 Å². The third-order valence-electron chi connectivity index (χ3n) is 5.37. The van der Waals surface area contributed by atoms with Gasteiger partial charge < -0.3 is 10.2 Å². The van der Waals surface area contributed by atoms with E-state index in [4.69, 9.17) is 0 Å². The first-order valence-electron chi connectivity index (χ1n) is 11.1. The van der Waals surface area contributed by atoms with Gasteiger partial charge in [0.05, 0.1) is 11.4 Å². The zero-order valence-corrected chi connectivity index (χ0v) is 20.3. The van der Waals surface area contributed by atoms with E-state index in [1.54, 1.807) is 11.3 Å². The number of thiophene rings is 1. The highest BCUT2D eigenvalue weighted by Gasteiger charge is 2.22. The molecule has 1 aromatic carbocycles. The Bertz CT molecular complexity index is 1060. The number of carbonyl (C=O) groups excluding carboxylic acids is 2. The minimum atomic E-state index is -0.480. The highest BCUT2D eigenvalue weighted by atomic mass is 32.2. The molecule has 2 N–H and O–H groups in total. The van der Waals surface area contributed by atoms with Gasteiger partial charge in [-0.05, 0) is 56.2 Å². The van der Waals surface area contributed by atoms with E-state index in [0.717, 1.165) is 44.0 Å². The molecule has 0 bridgehead atoms. The lowest BCUT2D eigenvalue weighted by atomic mass is 10.1. The zero-order chi connectivity index (χ0) is 23.0. The maximum Gasteiger partial charge on any atom is 0.321 e. The molecular formula is C23H28N6O2S2. The van der Waals surface area contributed by atoms with Gasteiger partial charge in [-0.1, -0.05) is 35.5 Å². The third kappa shape index (κ3) is 6.35. The molecule has 1 fully saturated rings. The predicted molar refractivity (Wildman–Crippen MR) is 132 cm³/mol. The number of anilines is 1. The zero-order valence-electron chi connectivity index (χ0n) is 18.6. The minimum Gasteiger partial charge on any atom is -0.341 e. The number of rotatable bonds is 8. The molecule has 10 heteroatoms. The number of piperidine rings is 1. The molecule has 3 heterocycles. The van der Waals surface area contributed by atoms with Crippen LogP contribution in [-0.4, -0.2) is 52.1 Å². The van der Waals surface area contributed by atoms with Crippen LogP contribution < -0.4 is 15.5 Å². The number of aromatic nitrogens is 3. The first-order chi connectivity index (χ1) is 16.1. The second kappa shape index (κ2) is 11.3. The molecule has 1 aliphatic rings. The lowest BCUT2D eigenvalue weighted by molar-refractivity contribution is -0.117. The fraction of sp³-hybridized carbons (Fsp3) is 0.391. The summed E-state index contributed by atoms with van der Waals surface area (Å²) in [5.41, 5.74) is 2.13. The van der Waals surface area contributed by atoms with E-state index in [0.29, 0.717) is 11.7 Å². The van der Waals surface area contributed by atoms with E-state index in [9.17, 15) is 9.59 Å². The van der Waals surface area contributed by atoms with Crippen LogP contribution >= 0.6 is 23.1 Å². The number of aryl methyl sites for hydroxylation is 1. The van der Waals surface area contributed by atoms with Crippen molar-refractivity contribution in [3.63, 3.8) is 0 Å². The second-order valence-electron chi connectivity index (χ2n) is 7.92. The van der Waals surface area contributed by atoms with Gasteiger partial charge in [-0.15, -0.1) is 21.5 Å². The van der Waals surface area contributed by atoms with Crippen molar-refractivity contribution in [1.29, 1.82) is 0 Å². The van der Waals surface area contributed by atoms with Crippen LogP contribution in [0.2, 0.25) is 0 Å². The van der Waals surface area contributed by atoms with Crippen molar-refractivity contribution < 1.29 is 9.59 Å². The number of hydrogen-bond donors (Lipinski definition) is 2. The van der Waals surface area contributed by atoms with E-state index in [1.165, 1.54) is 28.6 Å². The average Bonchev–Trinajstić information content (AvgIpc) is 3.49. The molecule has 3 amide bonds. The molecular weight excluding hydrogens is 456 g/mol. The van der Waals surface area contributed by atoms with Gasteiger partial charge in [-0.2, -0.15) is 0 Å². The van der Waals surface area contributed by atoms with Gasteiger partial charge in [0, 0.05) is 24.5 Å². The maximum atomic E-state index is 12.4. The Labute approximate surface area is 201 Å². The molecule has 0 spiro atoms. The topological polar surface area (TPSA) is 92.2 Å². The Morgan fingerprint density at radius 3 is 2.61 bits per heavy atom. The summed E-state index contributed by atoms with van der Waals surface area (Å²) in [6.07, 6.45) is 4.24. The summed E-state index contributed by atoms with van der Waals surface area (Å²) >= 11 is 2.92. The van der Waals surface area contributed by atoms with Crippen molar-refractivity contribution in [2.24, 2.45) is 0 Å². The number of carbonyl (C=O) groups is 2.